The van der Waals surface area contributed by atoms with Crippen LogP contribution in [0, 0.1) is 0 Å². The standard InChI is InChI=1S/C10H10O2.C7H7N/c1-2-8-12-10(11)9-6-4-3-5-7-9;1-2-7-5-3-4-6-8-7/h2-7H,1,8H2;2-6H,1H2. The number of rotatable bonds is 4. The number of carbonyl (C=O) groups excluding carboxylic acids is 1. The molecule has 0 aliphatic heterocycles. The van der Waals surface area contributed by atoms with Crippen LogP contribution in [0.5, 0.6) is 0 Å². The average molecular weight is 267 g/mol. The Labute approximate surface area is 119 Å². The van der Waals surface area contributed by atoms with E-state index in [-0.39, 0.29) is 12.6 Å². The minimum atomic E-state index is -0.310. The molecule has 0 atom stereocenters. The summed E-state index contributed by atoms with van der Waals surface area (Å²) in [6, 6.07) is 14.6. The van der Waals surface area contributed by atoms with Crippen LogP contribution >= 0.6 is 0 Å². The van der Waals surface area contributed by atoms with Crippen molar-refractivity contribution < 1.29 is 9.53 Å². The Morgan fingerprint density at radius 2 is 1.80 bits per heavy atom. The number of esters is 1. The largest absolute Gasteiger partial charge is 0.458 e. The van der Waals surface area contributed by atoms with E-state index in [2.05, 4.69) is 18.1 Å². The Kier molecular flexibility index (Phi) is 7.13. The highest BCUT2D eigenvalue weighted by molar-refractivity contribution is 5.89. The van der Waals surface area contributed by atoms with Gasteiger partial charge in [-0.3, -0.25) is 4.98 Å². The van der Waals surface area contributed by atoms with Gasteiger partial charge in [-0.2, -0.15) is 0 Å². The molecule has 1 aromatic heterocycles. The van der Waals surface area contributed by atoms with Gasteiger partial charge in [-0.1, -0.05) is 43.5 Å². The molecule has 0 saturated heterocycles. The molecule has 1 heterocycles. The molecule has 0 fully saturated rings. The molecule has 0 unspecified atom stereocenters. The Morgan fingerprint density at radius 1 is 1.10 bits per heavy atom. The molecule has 0 radical (unpaired) electrons. The van der Waals surface area contributed by atoms with E-state index in [1.807, 2.05) is 24.3 Å². The molecule has 0 amide bonds. The zero-order chi connectivity index (χ0) is 14.6. The average Bonchev–Trinajstić information content (AvgIpc) is 2.54. The monoisotopic (exact) mass is 267 g/mol. The van der Waals surface area contributed by atoms with Crippen molar-refractivity contribution in [1.29, 1.82) is 0 Å². The van der Waals surface area contributed by atoms with Gasteiger partial charge in [0.15, 0.2) is 0 Å². The van der Waals surface area contributed by atoms with E-state index >= 15 is 0 Å². The maximum atomic E-state index is 11.1. The Morgan fingerprint density at radius 3 is 2.30 bits per heavy atom. The van der Waals surface area contributed by atoms with E-state index < -0.39 is 0 Å². The van der Waals surface area contributed by atoms with Gasteiger partial charge in [0.1, 0.15) is 6.61 Å². The molecule has 1 aromatic carbocycles. The van der Waals surface area contributed by atoms with Crippen LogP contribution in [0.2, 0.25) is 0 Å². The van der Waals surface area contributed by atoms with Gasteiger partial charge in [-0.05, 0) is 30.3 Å². The fourth-order valence-electron chi connectivity index (χ4n) is 1.29. The lowest BCUT2D eigenvalue weighted by Gasteiger charge is -1.99. The van der Waals surface area contributed by atoms with Crippen molar-refractivity contribution >= 4 is 12.0 Å². The number of hydrogen-bond acceptors (Lipinski definition) is 3. The molecule has 3 heteroatoms. The first kappa shape index (κ1) is 15.4. The van der Waals surface area contributed by atoms with Gasteiger partial charge in [0.25, 0.3) is 0 Å². The van der Waals surface area contributed by atoms with Crippen molar-refractivity contribution in [2.75, 3.05) is 6.61 Å². The third kappa shape index (κ3) is 5.78. The lowest BCUT2D eigenvalue weighted by Crippen LogP contribution is -2.04. The maximum absolute atomic E-state index is 11.1. The molecule has 0 N–H and O–H groups in total. The second-order valence-corrected chi connectivity index (χ2v) is 3.71. The summed E-state index contributed by atoms with van der Waals surface area (Å²) in [6.07, 6.45) is 5.01. The van der Waals surface area contributed by atoms with Crippen LogP contribution in [0.3, 0.4) is 0 Å². The molecule has 20 heavy (non-hydrogen) atoms. The van der Waals surface area contributed by atoms with Crippen LogP contribution < -0.4 is 0 Å². The van der Waals surface area contributed by atoms with Crippen LogP contribution in [0.25, 0.3) is 6.08 Å². The van der Waals surface area contributed by atoms with Crippen molar-refractivity contribution in [3.8, 4) is 0 Å². The van der Waals surface area contributed by atoms with Crippen molar-refractivity contribution in [3.63, 3.8) is 0 Å². The SMILES string of the molecule is C=CCOC(=O)c1ccccc1.C=Cc1ccccn1. The summed E-state index contributed by atoms with van der Waals surface area (Å²) in [6.45, 7) is 7.28. The van der Waals surface area contributed by atoms with Crippen molar-refractivity contribution in [2.45, 2.75) is 0 Å². The molecule has 0 saturated carbocycles. The third-order valence-corrected chi connectivity index (χ3v) is 2.24. The molecule has 2 rings (SSSR count). The summed E-state index contributed by atoms with van der Waals surface area (Å²) < 4.78 is 4.82. The zero-order valence-corrected chi connectivity index (χ0v) is 11.2. The second-order valence-electron chi connectivity index (χ2n) is 3.71. The van der Waals surface area contributed by atoms with Gasteiger partial charge in [0.2, 0.25) is 0 Å². The molecule has 0 spiro atoms. The third-order valence-electron chi connectivity index (χ3n) is 2.24. The van der Waals surface area contributed by atoms with Crippen molar-refractivity contribution in [2.24, 2.45) is 0 Å². The number of aromatic nitrogens is 1. The highest BCUT2D eigenvalue weighted by atomic mass is 16.5. The van der Waals surface area contributed by atoms with Gasteiger partial charge in [-0.25, -0.2) is 4.79 Å². The smallest absolute Gasteiger partial charge is 0.338 e. The molecular weight excluding hydrogens is 250 g/mol. The first-order valence-electron chi connectivity index (χ1n) is 6.14. The van der Waals surface area contributed by atoms with Crippen molar-refractivity contribution in [3.05, 3.63) is 85.2 Å². The van der Waals surface area contributed by atoms with Crippen LogP contribution in [0.15, 0.2) is 74.0 Å². The van der Waals surface area contributed by atoms with Gasteiger partial charge in [-0.15, -0.1) is 0 Å². The number of carbonyl (C=O) groups is 1. The van der Waals surface area contributed by atoms with Crippen LogP contribution in [0.4, 0.5) is 0 Å². The van der Waals surface area contributed by atoms with Gasteiger partial charge in [0, 0.05) is 6.20 Å². The van der Waals surface area contributed by atoms with Crippen molar-refractivity contribution in [1.82, 2.24) is 4.98 Å². The minimum Gasteiger partial charge on any atom is -0.458 e. The quantitative estimate of drug-likeness (QED) is 0.625. The summed E-state index contributed by atoms with van der Waals surface area (Å²) in [7, 11) is 0. The van der Waals surface area contributed by atoms with E-state index in [1.165, 1.54) is 0 Å². The molecule has 102 valence electrons. The number of hydrogen-bond donors (Lipinski definition) is 0. The first-order chi connectivity index (χ1) is 9.77. The maximum Gasteiger partial charge on any atom is 0.338 e. The summed E-state index contributed by atoms with van der Waals surface area (Å²) in [5.41, 5.74) is 1.49. The summed E-state index contributed by atoms with van der Waals surface area (Å²) in [4.78, 5) is 15.1. The molecule has 0 aliphatic carbocycles. The highest BCUT2D eigenvalue weighted by Crippen LogP contribution is 2.00. The number of pyridine rings is 1. The molecular formula is C17H17NO2. The normalized spacial score (nSPS) is 8.80. The topological polar surface area (TPSA) is 39.2 Å². The molecule has 2 aromatic rings. The van der Waals surface area contributed by atoms with Gasteiger partial charge < -0.3 is 4.74 Å². The Balaban J connectivity index is 0.000000217. The van der Waals surface area contributed by atoms with E-state index in [4.69, 9.17) is 4.74 Å². The van der Waals surface area contributed by atoms with E-state index in [0.717, 1.165) is 5.69 Å². The Bertz CT molecular complexity index is 535. The minimum absolute atomic E-state index is 0.258. The lowest BCUT2D eigenvalue weighted by atomic mass is 10.2. The molecule has 0 aliphatic rings. The lowest BCUT2D eigenvalue weighted by molar-refractivity contribution is 0.0550. The number of ether oxygens (including phenoxy) is 1. The van der Waals surface area contributed by atoms with E-state index in [1.54, 1.807) is 42.6 Å². The summed E-state index contributed by atoms with van der Waals surface area (Å²) in [5.74, 6) is -0.310. The highest BCUT2D eigenvalue weighted by Gasteiger charge is 2.02. The fraction of sp³-hybridized carbons (Fsp3) is 0.0588. The predicted octanol–water partition coefficient (Wildman–Crippen LogP) is 3.75. The molecule has 0 bridgehead atoms. The second kappa shape index (κ2) is 9.28. The number of benzene rings is 1. The first-order valence-corrected chi connectivity index (χ1v) is 6.14. The van der Waals surface area contributed by atoms with Crippen LogP contribution in [0.1, 0.15) is 16.1 Å². The summed E-state index contributed by atoms with van der Waals surface area (Å²) in [5, 5.41) is 0. The van der Waals surface area contributed by atoms with E-state index in [9.17, 15) is 4.79 Å². The van der Waals surface area contributed by atoms with Gasteiger partial charge in [0.05, 0.1) is 11.3 Å². The Hall–Kier alpha value is -2.68. The summed E-state index contributed by atoms with van der Waals surface area (Å²) >= 11 is 0. The van der Waals surface area contributed by atoms with E-state index in [0.29, 0.717) is 5.56 Å². The zero-order valence-electron chi connectivity index (χ0n) is 11.2. The fourth-order valence-corrected chi connectivity index (χ4v) is 1.29. The predicted molar refractivity (Wildman–Crippen MR) is 81.2 cm³/mol. The molecule has 3 nitrogen and oxygen atoms in total. The number of nitrogens with zero attached hydrogens (tertiary/aromatic N) is 1. The van der Waals surface area contributed by atoms with Gasteiger partial charge >= 0.3 is 5.97 Å². The van der Waals surface area contributed by atoms with Crippen LogP contribution in [-0.2, 0) is 4.74 Å². The van der Waals surface area contributed by atoms with Crippen LogP contribution in [-0.4, -0.2) is 17.6 Å².